The third kappa shape index (κ3) is 4.99. The lowest BCUT2D eigenvalue weighted by atomic mass is 10.1. The number of ether oxygens (including phenoxy) is 3. The molecule has 0 aliphatic carbocycles. The van der Waals surface area contributed by atoms with Crippen molar-refractivity contribution in [2.24, 2.45) is 0 Å². The zero-order valence-corrected chi connectivity index (χ0v) is 21.1. The number of nitrogens with zero attached hydrogens (tertiary/aromatic N) is 5. The first kappa shape index (κ1) is 24.5. The summed E-state index contributed by atoms with van der Waals surface area (Å²) >= 11 is 0. The minimum absolute atomic E-state index is 0.0802. The van der Waals surface area contributed by atoms with E-state index in [-0.39, 0.29) is 30.3 Å². The molecule has 0 unspecified atom stereocenters. The van der Waals surface area contributed by atoms with Crippen LogP contribution in [0.3, 0.4) is 0 Å². The molecule has 1 saturated heterocycles. The molecule has 6 rings (SSSR count). The number of rotatable bonds is 9. The van der Waals surface area contributed by atoms with Crippen molar-refractivity contribution in [2.75, 3.05) is 13.4 Å². The Balaban J connectivity index is 1.35. The number of hydrogen-bond donors (Lipinski definition) is 1. The summed E-state index contributed by atoms with van der Waals surface area (Å²) in [6, 6.07) is 11.8. The standard InChI is InChI=1S/C27H29FN6O4/c1-2-23(26-30-31-32-34(26)15-21-4-3-9-36-21)33(13-17-5-7-20(28)8-6-17)14-19-10-18-11-24-25(38-16-37-24)12-22(18)29-27(19)35/h5-8,10-12,21,23H,2-4,9,13-16H2,1H3,(H,29,35)/t21-,23-/m1/s1. The van der Waals surface area contributed by atoms with E-state index in [4.69, 9.17) is 14.2 Å². The lowest BCUT2D eigenvalue weighted by molar-refractivity contribution is 0.0888. The van der Waals surface area contributed by atoms with Gasteiger partial charge in [-0.2, -0.15) is 0 Å². The van der Waals surface area contributed by atoms with E-state index in [9.17, 15) is 9.18 Å². The Morgan fingerprint density at radius 1 is 1.16 bits per heavy atom. The van der Waals surface area contributed by atoms with E-state index in [0.29, 0.717) is 54.5 Å². The summed E-state index contributed by atoms with van der Waals surface area (Å²) < 4.78 is 32.3. The number of pyridine rings is 1. The zero-order valence-electron chi connectivity index (χ0n) is 21.1. The molecule has 2 aromatic heterocycles. The highest BCUT2D eigenvalue weighted by Gasteiger charge is 2.28. The maximum atomic E-state index is 13.6. The van der Waals surface area contributed by atoms with Gasteiger partial charge in [0.15, 0.2) is 17.3 Å². The van der Waals surface area contributed by atoms with Crippen LogP contribution >= 0.6 is 0 Å². The van der Waals surface area contributed by atoms with Crippen molar-refractivity contribution in [1.29, 1.82) is 0 Å². The average Bonchev–Trinajstić information content (AvgIpc) is 3.68. The molecule has 1 N–H and O–H groups in total. The first-order valence-corrected chi connectivity index (χ1v) is 12.9. The molecule has 2 aliphatic rings. The average molecular weight is 521 g/mol. The molecule has 11 heteroatoms. The van der Waals surface area contributed by atoms with Crippen LogP contribution in [0, 0.1) is 5.82 Å². The minimum atomic E-state index is -0.294. The van der Waals surface area contributed by atoms with Gasteiger partial charge in [-0.25, -0.2) is 9.07 Å². The Labute approximate surface area is 218 Å². The number of benzene rings is 2. The third-order valence-corrected chi connectivity index (χ3v) is 7.17. The Bertz CT molecular complexity index is 1480. The predicted octanol–water partition coefficient (Wildman–Crippen LogP) is 3.71. The SMILES string of the molecule is CC[C@H](c1nnnn1C[C@H]1CCCO1)N(Cc1ccc(F)cc1)Cc1cc2cc3c(cc2[nH]c1=O)OCO3. The molecule has 0 radical (unpaired) electrons. The van der Waals surface area contributed by atoms with Crippen LogP contribution in [-0.4, -0.2) is 49.6 Å². The molecule has 2 aliphatic heterocycles. The number of nitrogens with one attached hydrogen (secondary N) is 1. The van der Waals surface area contributed by atoms with Gasteiger partial charge in [-0.15, -0.1) is 5.10 Å². The van der Waals surface area contributed by atoms with Gasteiger partial charge in [-0.3, -0.25) is 9.69 Å². The van der Waals surface area contributed by atoms with Gasteiger partial charge in [-0.05, 0) is 59.5 Å². The molecule has 38 heavy (non-hydrogen) atoms. The third-order valence-electron chi connectivity index (χ3n) is 7.17. The molecule has 0 saturated carbocycles. The van der Waals surface area contributed by atoms with Crippen molar-refractivity contribution in [3.8, 4) is 11.5 Å². The second kappa shape index (κ2) is 10.5. The van der Waals surface area contributed by atoms with E-state index in [1.54, 1.807) is 18.2 Å². The fourth-order valence-corrected chi connectivity index (χ4v) is 5.24. The summed E-state index contributed by atoms with van der Waals surface area (Å²) in [6.07, 6.45) is 2.79. The molecule has 0 bridgehead atoms. The van der Waals surface area contributed by atoms with Crippen molar-refractivity contribution >= 4 is 10.9 Å². The summed E-state index contributed by atoms with van der Waals surface area (Å²) in [4.78, 5) is 18.3. The largest absolute Gasteiger partial charge is 0.454 e. The molecule has 0 spiro atoms. The Kier molecular flexibility index (Phi) is 6.77. The van der Waals surface area contributed by atoms with Crippen molar-refractivity contribution in [3.63, 3.8) is 0 Å². The van der Waals surface area contributed by atoms with Crippen molar-refractivity contribution in [1.82, 2.24) is 30.1 Å². The molecule has 0 amide bonds. The highest BCUT2D eigenvalue weighted by Crippen LogP contribution is 2.35. The van der Waals surface area contributed by atoms with E-state index in [0.717, 1.165) is 30.4 Å². The van der Waals surface area contributed by atoms with E-state index in [1.165, 1.54) is 12.1 Å². The summed E-state index contributed by atoms with van der Waals surface area (Å²) in [5.41, 5.74) is 2.01. The van der Waals surface area contributed by atoms with Crippen LogP contribution in [0.15, 0.2) is 47.3 Å². The van der Waals surface area contributed by atoms with Crippen LogP contribution in [0.1, 0.15) is 49.2 Å². The van der Waals surface area contributed by atoms with E-state index >= 15 is 0 Å². The first-order chi connectivity index (χ1) is 18.6. The molecule has 1 fully saturated rings. The Morgan fingerprint density at radius 3 is 2.74 bits per heavy atom. The van der Waals surface area contributed by atoms with Crippen molar-refractivity contribution in [2.45, 2.75) is 58.0 Å². The molecular formula is C27H29FN6O4. The van der Waals surface area contributed by atoms with Gasteiger partial charge in [-0.1, -0.05) is 19.1 Å². The minimum Gasteiger partial charge on any atom is -0.454 e. The molecule has 2 atom stereocenters. The topological polar surface area (TPSA) is 107 Å². The van der Waals surface area contributed by atoms with E-state index in [2.05, 4.69) is 32.3 Å². The van der Waals surface area contributed by atoms with Crippen LogP contribution in [-0.2, 0) is 24.4 Å². The van der Waals surface area contributed by atoms with E-state index in [1.807, 2.05) is 16.8 Å². The molecule has 198 valence electrons. The number of aromatic nitrogens is 5. The number of tetrazole rings is 1. The van der Waals surface area contributed by atoms with Crippen molar-refractivity contribution in [3.05, 3.63) is 75.6 Å². The first-order valence-electron chi connectivity index (χ1n) is 12.9. The molecule has 10 nitrogen and oxygen atoms in total. The fourth-order valence-electron chi connectivity index (χ4n) is 5.24. The van der Waals surface area contributed by atoms with Gasteiger partial charge in [0.05, 0.1) is 24.2 Å². The quantitative estimate of drug-likeness (QED) is 0.356. The van der Waals surface area contributed by atoms with Gasteiger partial charge in [0.1, 0.15) is 5.82 Å². The normalized spacial score (nSPS) is 17.5. The van der Waals surface area contributed by atoms with Gasteiger partial charge in [0.25, 0.3) is 5.56 Å². The summed E-state index contributed by atoms with van der Waals surface area (Å²) in [5, 5.41) is 13.5. The monoisotopic (exact) mass is 520 g/mol. The number of hydrogen-bond acceptors (Lipinski definition) is 8. The molecule has 4 heterocycles. The molecule has 4 aromatic rings. The van der Waals surface area contributed by atoms with Gasteiger partial charge >= 0.3 is 0 Å². The van der Waals surface area contributed by atoms with Crippen LogP contribution < -0.4 is 15.0 Å². The Morgan fingerprint density at radius 2 is 1.97 bits per heavy atom. The van der Waals surface area contributed by atoms with Crippen LogP contribution in [0.25, 0.3) is 10.9 Å². The lowest BCUT2D eigenvalue weighted by Crippen LogP contribution is -2.33. The van der Waals surface area contributed by atoms with Gasteiger partial charge < -0.3 is 19.2 Å². The number of fused-ring (bicyclic) bond motifs is 2. The van der Waals surface area contributed by atoms with Gasteiger partial charge in [0, 0.05) is 36.7 Å². The molecule has 2 aromatic carbocycles. The smallest absolute Gasteiger partial charge is 0.252 e. The highest BCUT2D eigenvalue weighted by molar-refractivity contribution is 5.83. The second-order valence-corrected chi connectivity index (χ2v) is 9.73. The maximum Gasteiger partial charge on any atom is 0.252 e. The number of H-pyrrole nitrogens is 1. The van der Waals surface area contributed by atoms with Crippen molar-refractivity contribution < 1.29 is 18.6 Å². The van der Waals surface area contributed by atoms with Gasteiger partial charge in [0.2, 0.25) is 6.79 Å². The predicted molar refractivity (Wildman–Crippen MR) is 136 cm³/mol. The maximum absolute atomic E-state index is 13.6. The van der Waals surface area contributed by atoms with Crippen LogP contribution in [0.2, 0.25) is 0 Å². The summed E-state index contributed by atoms with van der Waals surface area (Å²) in [7, 11) is 0. The molecular weight excluding hydrogens is 491 g/mol. The van der Waals surface area contributed by atoms with Crippen LogP contribution in [0.5, 0.6) is 11.5 Å². The Hall–Kier alpha value is -3.83. The van der Waals surface area contributed by atoms with Crippen LogP contribution in [0.4, 0.5) is 4.39 Å². The zero-order chi connectivity index (χ0) is 26.1. The number of halogens is 1. The second-order valence-electron chi connectivity index (χ2n) is 9.73. The van der Waals surface area contributed by atoms with E-state index < -0.39 is 0 Å². The fraction of sp³-hybridized carbons (Fsp3) is 0.407. The lowest BCUT2D eigenvalue weighted by Gasteiger charge is -2.30. The number of aromatic amines is 1. The summed E-state index contributed by atoms with van der Waals surface area (Å²) in [5.74, 6) is 1.68. The highest BCUT2D eigenvalue weighted by atomic mass is 19.1. The summed E-state index contributed by atoms with van der Waals surface area (Å²) in [6.45, 7) is 4.37.